The number of hydrogen-bond donors (Lipinski definition) is 1. The number of piperidine rings is 1. The third kappa shape index (κ3) is 3.97. The highest BCUT2D eigenvalue weighted by molar-refractivity contribution is 5.76. The predicted molar refractivity (Wildman–Crippen MR) is 118 cm³/mol. The van der Waals surface area contributed by atoms with E-state index in [0.29, 0.717) is 12.1 Å². The molecule has 1 fully saturated rings. The molecule has 1 aromatic carbocycles. The first kappa shape index (κ1) is 21.6. The van der Waals surface area contributed by atoms with Crippen LogP contribution in [0.4, 0.5) is 14.6 Å². The summed E-state index contributed by atoms with van der Waals surface area (Å²) >= 11 is 0. The van der Waals surface area contributed by atoms with Crippen molar-refractivity contribution in [1.82, 2.24) is 39.9 Å². The molecule has 172 valence electrons. The minimum absolute atomic E-state index is 0.133. The molecule has 2 N–H and O–H groups in total. The van der Waals surface area contributed by atoms with E-state index < -0.39 is 11.6 Å². The maximum Gasteiger partial charge on any atom is 0.190 e. The number of anilines is 1. The second-order valence-electron chi connectivity index (χ2n) is 8.02. The summed E-state index contributed by atoms with van der Waals surface area (Å²) in [7, 11) is 0. The molecule has 4 aromatic rings. The average molecular weight is 462 g/mol. The van der Waals surface area contributed by atoms with E-state index in [9.17, 15) is 8.78 Å². The van der Waals surface area contributed by atoms with Gasteiger partial charge in [0.05, 0.1) is 30.4 Å². The van der Waals surface area contributed by atoms with E-state index in [0.717, 1.165) is 47.8 Å². The summed E-state index contributed by atoms with van der Waals surface area (Å²) in [5.74, 6) is -1.80. The quantitative estimate of drug-likeness (QED) is 0.449. The highest BCUT2D eigenvalue weighted by Crippen LogP contribution is 2.31. The Morgan fingerprint density at radius 2 is 1.97 bits per heavy atom. The smallest absolute Gasteiger partial charge is 0.190 e. The standard InChI is InChI=1S/C22H20F2N10/c23-18-2-1-3-19(20(18)24)34-22(29-30-31-34)17-10-14(11-27-21(17)26)15-12-28-33(13-15)16-4-7-32(8-5-16)9-6-25/h1-3,10-13,16H,4-5,7-9H2,(H2,26,27). The Bertz CT molecular complexity index is 1360. The van der Waals surface area contributed by atoms with Crippen LogP contribution in [0.5, 0.6) is 0 Å². The number of halogens is 2. The summed E-state index contributed by atoms with van der Waals surface area (Å²) in [6.45, 7) is 2.14. The molecule has 0 saturated carbocycles. The van der Waals surface area contributed by atoms with E-state index in [-0.39, 0.29) is 23.4 Å². The molecule has 0 amide bonds. The van der Waals surface area contributed by atoms with Crippen molar-refractivity contribution >= 4 is 5.82 Å². The number of benzene rings is 1. The summed E-state index contributed by atoms with van der Waals surface area (Å²) < 4.78 is 31.2. The van der Waals surface area contributed by atoms with Crippen molar-refractivity contribution in [3.05, 3.63) is 54.5 Å². The lowest BCUT2D eigenvalue weighted by molar-refractivity contribution is 0.197. The van der Waals surface area contributed by atoms with Crippen LogP contribution in [0.3, 0.4) is 0 Å². The fraction of sp³-hybridized carbons (Fsp3) is 0.273. The summed E-state index contributed by atoms with van der Waals surface area (Å²) in [4.78, 5) is 6.39. The molecule has 5 rings (SSSR count). The second-order valence-corrected chi connectivity index (χ2v) is 8.02. The maximum absolute atomic E-state index is 14.4. The van der Waals surface area contributed by atoms with E-state index in [2.05, 4.69) is 36.6 Å². The number of nitrogens with two attached hydrogens (primary N) is 1. The molecule has 0 spiro atoms. The highest BCUT2D eigenvalue weighted by Gasteiger charge is 2.22. The lowest BCUT2D eigenvalue weighted by Crippen LogP contribution is -2.34. The normalized spacial score (nSPS) is 14.9. The number of likely N-dealkylation sites (tertiary alicyclic amines) is 1. The number of tetrazole rings is 1. The lowest BCUT2D eigenvalue weighted by atomic mass is 10.1. The first-order valence-electron chi connectivity index (χ1n) is 10.7. The number of nitriles is 1. The van der Waals surface area contributed by atoms with E-state index in [1.165, 1.54) is 12.1 Å². The Morgan fingerprint density at radius 3 is 2.76 bits per heavy atom. The van der Waals surface area contributed by atoms with Gasteiger partial charge in [-0.15, -0.1) is 5.10 Å². The molecule has 1 saturated heterocycles. The Morgan fingerprint density at radius 1 is 1.15 bits per heavy atom. The van der Waals surface area contributed by atoms with Crippen molar-refractivity contribution < 1.29 is 8.78 Å². The van der Waals surface area contributed by atoms with Gasteiger partial charge in [0.25, 0.3) is 0 Å². The van der Waals surface area contributed by atoms with Gasteiger partial charge in [-0.2, -0.15) is 15.0 Å². The molecular formula is C22H20F2N10. The van der Waals surface area contributed by atoms with Crippen LogP contribution in [0.1, 0.15) is 18.9 Å². The van der Waals surface area contributed by atoms with Crippen LogP contribution >= 0.6 is 0 Å². The number of pyridine rings is 1. The van der Waals surface area contributed by atoms with Crippen molar-refractivity contribution in [2.75, 3.05) is 25.4 Å². The molecule has 0 unspecified atom stereocenters. The van der Waals surface area contributed by atoms with Crippen LogP contribution in [-0.4, -0.2) is 59.5 Å². The van der Waals surface area contributed by atoms with Crippen molar-refractivity contribution in [3.8, 4) is 34.3 Å². The molecule has 0 radical (unpaired) electrons. The fourth-order valence-electron chi connectivity index (χ4n) is 4.11. The Labute approximate surface area is 193 Å². The number of rotatable bonds is 5. The van der Waals surface area contributed by atoms with Gasteiger partial charge in [0, 0.05) is 36.6 Å². The molecule has 10 nitrogen and oxygen atoms in total. The third-order valence-electron chi connectivity index (χ3n) is 5.95. The summed E-state index contributed by atoms with van der Waals surface area (Å²) in [6, 6.07) is 7.95. The Hall–Kier alpha value is -4.24. The van der Waals surface area contributed by atoms with Crippen molar-refractivity contribution in [1.29, 1.82) is 5.26 Å². The zero-order valence-electron chi connectivity index (χ0n) is 18.0. The molecule has 0 bridgehead atoms. The largest absolute Gasteiger partial charge is 0.383 e. The third-order valence-corrected chi connectivity index (χ3v) is 5.95. The topological polar surface area (TPSA) is 127 Å². The molecule has 34 heavy (non-hydrogen) atoms. The van der Waals surface area contributed by atoms with Gasteiger partial charge >= 0.3 is 0 Å². The van der Waals surface area contributed by atoms with Gasteiger partial charge in [-0.25, -0.2) is 13.8 Å². The van der Waals surface area contributed by atoms with Crippen molar-refractivity contribution in [2.24, 2.45) is 0 Å². The lowest BCUT2D eigenvalue weighted by Gasteiger charge is -2.30. The van der Waals surface area contributed by atoms with Gasteiger partial charge in [0.2, 0.25) is 0 Å². The minimum atomic E-state index is -1.07. The van der Waals surface area contributed by atoms with Crippen LogP contribution in [0.2, 0.25) is 0 Å². The van der Waals surface area contributed by atoms with E-state index >= 15 is 0 Å². The van der Waals surface area contributed by atoms with Gasteiger partial charge in [-0.1, -0.05) is 6.07 Å². The molecule has 1 aliphatic rings. The SMILES string of the molecule is N#CCN1CCC(n2cc(-c3cnc(N)c(-c4nnnn4-c4cccc(F)c4F)c3)cn2)CC1. The maximum atomic E-state index is 14.4. The zero-order chi connectivity index (χ0) is 23.7. The molecule has 0 aliphatic carbocycles. The van der Waals surface area contributed by atoms with E-state index in [1.54, 1.807) is 18.5 Å². The van der Waals surface area contributed by atoms with E-state index in [4.69, 9.17) is 11.0 Å². The Kier molecular flexibility index (Phi) is 5.69. The molecule has 0 atom stereocenters. The number of aromatic nitrogens is 7. The van der Waals surface area contributed by atoms with Crippen LogP contribution in [-0.2, 0) is 0 Å². The van der Waals surface area contributed by atoms with Crippen LogP contribution in [0, 0.1) is 23.0 Å². The summed E-state index contributed by atoms with van der Waals surface area (Å²) in [6.07, 6.45) is 7.11. The van der Waals surface area contributed by atoms with Gasteiger partial charge in [-0.3, -0.25) is 9.58 Å². The van der Waals surface area contributed by atoms with Crippen molar-refractivity contribution in [3.63, 3.8) is 0 Å². The predicted octanol–water partition coefficient (Wildman–Crippen LogP) is 2.61. The second kappa shape index (κ2) is 8.95. The molecule has 4 heterocycles. The molecule has 1 aliphatic heterocycles. The van der Waals surface area contributed by atoms with Crippen LogP contribution in [0.15, 0.2) is 42.9 Å². The number of hydrogen-bond acceptors (Lipinski definition) is 8. The van der Waals surface area contributed by atoms with E-state index in [1.807, 2.05) is 10.9 Å². The first-order valence-corrected chi connectivity index (χ1v) is 10.7. The van der Waals surface area contributed by atoms with Gasteiger partial charge in [0.15, 0.2) is 17.5 Å². The number of nitrogen functional groups attached to an aromatic ring is 1. The molecular weight excluding hydrogens is 442 g/mol. The summed E-state index contributed by atoms with van der Waals surface area (Å²) in [5.41, 5.74) is 7.89. The monoisotopic (exact) mass is 462 g/mol. The van der Waals surface area contributed by atoms with Gasteiger partial charge in [-0.05, 0) is 41.5 Å². The van der Waals surface area contributed by atoms with Gasteiger partial charge in [0.1, 0.15) is 11.5 Å². The van der Waals surface area contributed by atoms with Crippen molar-refractivity contribution in [2.45, 2.75) is 18.9 Å². The molecule has 3 aromatic heterocycles. The average Bonchev–Trinajstić information content (AvgIpc) is 3.52. The molecule has 12 heteroatoms. The summed E-state index contributed by atoms with van der Waals surface area (Å²) in [5, 5.41) is 24.8. The van der Waals surface area contributed by atoms with Crippen LogP contribution < -0.4 is 5.73 Å². The highest BCUT2D eigenvalue weighted by atomic mass is 19.2. The first-order chi connectivity index (χ1) is 16.5. The minimum Gasteiger partial charge on any atom is -0.383 e. The fourth-order valence-corrected chi connectivity index (χ4v) is 4.11. The Balaban J connectivity index is 1.44. The van der Waals surface area contributed by atoms with Gasteiger partial charge < -0.3 is 5.73 Å². The zero-order valence-corrected chi connectivity index (χ0v) is 18.0. The number of nitrogens with zero attached hydrogens (tertiary/aromatic N) is 9. The van der Waals surface area contributed by atoms with Crippen LogP contribution in [0.25, 0.3) is 28.2 Å².